The van der Waals surface area contributed by atoms with E-state index in [1.165, 1.54) is 17.0 Å². The Morgan fingerprint density at radius 3 is 2.35 bits per heavy atom. The summed E-state index contributed by atoms with van der Waals surface area (Å²) in [5.41, 5.74) is 9.29. The Morgan fingerprint density at radius 2 is 1.65 bits per heavy atom. The number of rotatable bonds is 5. The number of nitrogens with one attached hydrogen (secondary N) is 1. The number of halogens is 1. The van der Waals surface area contributed by atoms with Gasteiger partial charge in [0, 0.05) is 35.4 Å². The molecular weight excluding hydrogens is 532 g/mol. The zero-order valence-electron chi connectivity index (χ0n) is 21.2. The number of fused-ring (bicyclic) bond motifs is 1. The van der Waals surface area contributed by atoms with Crippen molar-refractivity contribution in [3.05, 3.63) is 101 Å². The topological polar surface area (TPSA) is 148 Å². The van der Waals surface area contributed by atoms with Gasteiger partial charge < -0.3 is 25.8 Å². The molecule has 5 N–H and O–H groups in total. The highest BCUT2D eigenvalue weighted by Crippen LogP contribution is 2.39. The summed E-state index contributed by atoms with van der Waals surface area (Å²) in [5, 5.41) is 23.6. The summed E-state index contributed by atoms with van der Waals surface area (Å²) in [7, 11) is 0. The normalized spacial score (nSPS) is 18.4. The maximum absolute atomic E-state index is 13.0. The molecule has 5 aromatic rings. The molecule has 1 saturated carbocycles. The number of amides is 1. The molecule has 0 radical (unpaired) electrons. The van der Waals surface area contributed by atoms with Gasteiger partial charge >= 0.3 is 0 Å². The van der Waals surface area contributed by atoms with Gasteiger partial charge in [-0.05, 0) is 54.8 Å². The molecule has 10 nitrogen and oxygen atoms in total. The third kappa shape index (κ3) is 4.84. The quantitative estimate of drug-likeness (QED) is 0.258. The lowest BCUT2D eigenvalue weighted by atomic mass is 10.1. The van der Waals surface area contributed by atoms with Crippen molar-refractivity contribution < 1.29 is 15.0 Å². The van der Waals surface area contributed by atoms with Gasteiger partial charge in [-0.1, -0.05) is 30.3 Å². The van der Waals surface area contributed by atoms with E-state index >= 15 is 0 Å². The molecule has 204 valence electrons. The maximum atomic E-state index is 13.0. The number of aliphatic hydroxyl groups excluding tert-OH is 2. The van der Waals surface area contributed by atoms with E-state index in [0.717, 1.165) is 11.1 Å². The van der Waals surface area contributed by atoms with Crippen molar-refractivity contribution in [1.29, 1.82) is 0 Å². The predicted octanol–water partition coefficient (Wildman–Crippen LogP) is 3.56. The van der Waals surface area contributed by atoms with E-state index in [9.17, 15) is 19.8 Å². The van der Waals surface area contributed by atoms with Gasteiger partial charge in [0.15, 0.2) is 0 Å². The van der Waals surface area contributed by atoms with Crippen molar-refractivity contribution in [2.24, 2.45) is 0 Å². The van der Waals surface area contributed by atoms with Gasteiger partial charge in [0.2, 0.25) is 0 Å². The number of pyridine rings is 1. The molecular formula is C29H27ClN6O4. The molecule has 1 fully saturated rings. The largest absolute Gasteiger partial charge is 0.390 e. The number of anilines is 2. The zero-order valence-corrected chi connectivity index (χ0v) is 22.0. The van der Waals surface area contributed by atoms with Crippen molar-refractivity contribution in [3.8, 4) is 16.8 Å². The molecule has 1 aliphatic rings. The minimum atomic E-state index is -0.792. The van der Waals surface area contributed by atoms with Crippen LogP contribution < -0.4 is 16.6 Å². The highest BCUT2D eigenvalue weighted by atomic mass is 35.5. The molecule has 0 aliphatic heterocycles. The van der Waals surface area contributed by atoms with Crippen LogP contribution in [0.25, 0.3) is 27.8 Å². The van der Waals surface area contributed by atoms with Gasteiger partial charge in [-0.15, -0.1) is 12.4 Å². The van der Waals surface area contributed by atoms with Gasteiger partial charge in [-0.3, -0.25) is 14.2 Å². The number of aliphatic hydroxyl groups is 2. The fraction of sp³-hybridized carbons (Fsp3) is 0.172. The number of nitrogens with two attached hydrogens (primary N) is 1. The minimum absolute atomic E-state index is 0. The van der Waals surface area contributed by atoms with E-state index in [-0.39, 0.29) is 24.0 Å². The third-order valence-electron chi connectivity index (χ3n) is 7.18. The molecule has 3 aromatic heterocycles. The second-order valence-corrected chi connectivity index (χ2v) is 9.63. The molecule has 11 heteroatoms. The van der Waals surface area contributed by atoms with Crippen LogP contribution >= 0.6 is 12.4 Å². The first-order valence-corrected chi connectivity index (χ1v) is 12.6. The van der Waals surface area contributed by atoms with E-state index in [4.69, 9.17) is 5.73 Å². The minimum Gasteiger partial charge on any atom is -0.390 e. The molecule has 1 unspecified atom stereocenters. The number of benzene rings is 2. The SMILES string of the molecule is Cl.Nc1ncnc2c1c(-c1ccc(NC(=O)c3cccn(-c4ccccc4)c3=O)cc1)cn2C1C[C@@H](O)[C@@H](O)C1. The summed E-state index contributed by atoms with van der Waals surface area (Å²) < 4.78 is 3.37. The summed E-state index contributed by atoms with van der Waals surface area (Å²) in [6.07, 6.45) is 4.17. The summed E-state index contributed by atoms with van der Waals surface area (Å²) in [5.74, 6) is -0.186. The summed E-state index contributed by atoms with van der Waals surface area (Å²) in [4.78, 5) is 34.6. The van der Waals surface area contributed by atoms with Gasteiger partial charge in [0.05, 0.1) is 17.6 Å². The van der Waals surface area contributed by atoms with Crippen molar-refractivity contribution in [2.75, 3.05) is 11.1 Å². The summed E-state index contributed by atoms with van der Waals surface area (Å²) in [6.45, 7) is 0. The average molecular weight is 559 g/mol. The molecule has 0 spiro atoms. The van der Waals surface area contributed by atoms with E-state index in [1.54, 1.807) is 36.5 Å². The van der Waals surface area contributed by atoms with Crippen LogP contribution in [0.5, 0.6) is 0 Å². The maximum Gasteiger partial charge on any atom is 0.267 e. The molecule has 40 heavy (non-hydrogen) atoms. The molecule has 2 aromatic carbocycles. The van der Waals surface area contributed by atoms with Crippen molar-refractivity contribution in [3.63, 3.8) is 0 Å². The lowest BCUT2D eigenvalue weighted by molar-refractivity contribution is 0.0438. The number of hydrogen-bond donors (Lipinski definition) is 4. The Kier molecular flexibility index (Phi) is 7.40. The fourth-order valence-electron chi connectivity index (χ4n) is 5.19. The molecule has 3 atom stereocenters. The highest BCUT2D eigenvalue weighted by Gasteiger charge is 2.34. The Balaban J connectivity index is 0.00000323. The van der Waals surface area contributed by atoms with Crippen LogP contribution in [0.15, 0.2) is 90.2 Å². The second-order valence-electron chi connectivity index (χ2n) is 9.63. The van der Waals surface area contributed by atoms with Gasteiger partial charge in [-0.2, -0.15) is 0 Å². The van der Waals surface area contributed by atoms with Crippen LogP contribution in [0.1, 0.15) is 29.2 Å². The van der Waals surface area contributed by atoms with Crippen LogP contribution in [0.3, 0.4) is 0 Å². The van der Waals surface area contributed by atoms with Crippen LogP contribution in [0.2, 0.25) is 0 Å². The Labute approximate surface area is 235 Å². The Morgan fingerprint density at radius 1 is 0.950 bits per heavy atom. The van der Waals surface area contributed by atoms with Crippen molar-refractivity contribution >= 4 is 40.9 Å². The zero-order chi connectivity index (χ0) is 27.1. The molecule has 3 heterocycles. The fourth-order valence-corrected chi connectivity index (χ4v) is 5.19. The predicted molar refractivity (Wildman–Crippen MR) is 155 cm³/mol. The Hall–Kier alpha value is -4.51. The number of nitrogen functional groups attached to an aromatic ring is 1. The van der Waals surface area contributed by atoms with Crippen LogP contribution in [0.4, 0.5) is 11.5 Å². The molecule has 0 bridgehead atoms. The van der Waals surface area contributed by atoms with Crippen LogP contribution in [-0.4, -0.2) is 47.4 Å². The lowest BCUT2D eigenvalue weighted by Gasteiger charge is -2.12. The van der Waals surface area contributed by atoms with E-state index < -0.39 is 23.7 Å². The monoisotopic (exact) mass is 558 g/mol. The molecule has 1 amide bonds. The molecule has 6 rings (SSSR count). The third-order valence-corrected chi connectivity index (χ3v) is 7.18. The van der Waals surface area contributed by atoms with Gasteiger partial charge in [0.25, 0.3) is 11.5 Å². The summed E-state index contributed by atoms with van der Waals surface area (Å²) >= 11 is 0. The summed E-state index contributed by atoms with van der Waals surface area (Å²) in [6, 6.07) is 19.3. The number of nitrogens with zero attached hydrogens (tertiary/aromatic N) is 4. The lowest BCUT2D eigenvalue weighted by Crippen LogP contribution is -2.27. The first kappa shape index (κ1) is 27.1. The number of carbonyl (C=O) groups excluding carboxylic acids is 1. The smallest absolute Gasteiger partial charge is 0.267 e. The van der Waals surface area contributed by atoms with Gasteiger partial charge in [0.1, 0.15) is 23.4 Å². The Bertz CT molecular complexity index is 1730. The van der Waals surface area contributed by atoms with E-state index in [0.29, 0.717) is 41.1 Å². The highest BCUT2D eigenvalue weighted by molar-refractivity contribution is 6.04. The van der Waals surface area contributed by atoms with Crippen LogP contribution in [0, 0.1) is 0 Å². The number of hydrogen-bond acceptors (Lipinski definition) is 7. The van der Waals surface area contributed by atoms with E-state index in [2.05, 4.69) is 15.3 Å². The average Bonchev–Trinajstić information content (AvgIpc) is 3.50. The molecule has 0 saturated heterocycles. The number of para-hydroxylation sites is 1. The van der Waals surface area contributed by atoms with Crippen molar-refractivity contribution in [2.45, 2.75) is 31.1 Å². The van der Waals surface area contributed by atoms with E-state index in [1.807, 2.05) is 41.1 Å². The first-order valence-electron chi connectivity index (χ1n) is 12.6. The first-order chi connectivity index (χ1) is 18.9. The van der Waals surface area contributed by atoms with Gasteiger partial charge in [-0.25, -0.2) is 9.97 Å². The molecule has 1 aliphatic carbocycles. The van der Waals surface area contributed by atoms with Crippen molar-refractivity contribution in [1.82, 2.24) is 19.1 Å². The number of aromatic nitrogens is 4. The second kappa shape index (κ2) is 10.9. The van der Waals surface area contributed by atoms with Crippen LogP contribution in [-0.2, 0) is 0 Å². The number of carbonyl (C=O) groups is 1. The standard InChI is InChI=1S/C29H26N6O4.ClH/c30-26-25-22(15-35(27(25)32-16-31-26)20-13-23(36)24(37)14-20)17-8-10-18(11-9-17)33-28(38)21-7-4-12-34(29(21)39)19-5-2-1-3-6-19;/h1-12,15-16,20,23-24,36-37H,13-14H2,(H,33,38)(H2,30,31,32);1H/t20?,23-,24+;.